The number of amides is 1. The molecule has 6 heteroatoms. The maximum atomic E-state index is 12.1. The highest BCUT2D eigenvalue weighted by Gasteiger charge is 2.28. The van der Waals surface area contributed by atoms with E-state index in [9.17, 15) is 14.4 Å². The highest BCUT2D eigenvalue weighted by Crippen LogP contribution is 2.18. The molecule has 2 N–H and O–H groups in total. The third-order valence-corrected chi connectivity index (χ3v) is 3.08. The van der Waals surface area contributed by atoms with Crippen molar-refractivity contribution in [3.63, 3.8) is 0 Å². The Kier molecular flexibility index (Phi) is 3.45. The molecule has 0 aromatic carbocycles. The summed E-state index contributed by atoms with van der Waals surface area (Å²) in [6, 6.07) is 2.75. The summed E-state index contributed by atoms with van der Waals surface area (Å²) < 4.78 is 0. The largest absolute Gasteiger partial charge is 0.481 e. The van der Waals surface area contributed by atoms with Gasteiger partial charge in [-0.3, -0.25) is 14.4 Å². The van der Waals surface area contributed by atoms with Crippen molar-refractivity contribution in [2.24, 2.45) is 5.92 Å². The van der Waals surface area contributed by atoms with E-state index >= 15 is 0 Å². The predicted octanol–water partition coefficient (Wildman–Crippen LogP) is 0.312. The number of hydrogen-bond donors (Lipinski definition) is 2. The van der Waals surface area contributed by atoms with Gasteiger partial charge < -0.3 is 15.0 Å². The smallest absolute Gasteiger partial charge is 0.308 e. The fourth-order valence-electron chi connectivity index (χ4n) is 2.12. The van der Waals surface area contributed by atoms with Crippen LogP contribution in [0.25, 0.3) is 0 Å². The molecule has 1 aliphatic rings. The summed E-state index contributed by atoms with van der Waals surface area (Å²) in [5, 5.41) is 8.96. The van der Waals surface area contributed by atoms with Crippen LogP contribution >= 0.6 is 0 Å². The molecule has 2 rings (SSSR count). The molecule has 0 radical (unpaired) electrons. The minimum absolute atomic E-state index is 0.209. The molecule has 0 aliphatic carbocycles. The van der Waals surface area contributed by atoms with Gasteiger partial charge in [0.25, 0.3) is 5.91 Å². The van der Waals surface area contributed by atoms with Crippen molar-refractivity contribution in [1.82, 2.24) is 9.88 Å². The van der Waals surface area contributed by atoms with E-state index in [1.165, 1.54) is 23.2 Å². The summed E-state index contributed by atoms with van der Waals surface area (Å²) in [6.45, 7) is 0.746. The molecule has 18 heavy (non-hydrogen) atoms. The summed E-state index contributed by atoms with van der Waals surface area (Å²) in [6.07, 6.45) is 2.68. The highest BCUT2D eigenvalue weighted by molar-refractivity contribution is 5.94. The van der Waals surface area contributed by atoms with Gasteiger partial charge in [-0.15, -0.1) is 0 Å². The van der Waals surface area contributed by atoms with E-state index < -0.39 is 11.9 Å². The van der Waals surface area contributed by atoms with Crippen LogP contribution in [0.5, 0.6) is 0 Å². The molecular weight excluding hydrogens is 236 g/mol. The lowest BCUT2D eigenvalue weighted by Crippen LogP contribution is -2.42. The fourth-order valence-corrected chi connectivity index (χ4v) is 2.12. The molecule has 1 saturated heterocycles. The minimum Gasteiger partial charge on any atom is -0.481 e. The maximum Gasteiger partial charge on any atom is 0.308 e. The van der Waals surface area contributed by atoms with E-state index in [-0.39, 0.29) is 18.0 Å². The number of aromatic amines is 1. The zero-order chi connectivity index (χ0) is 13.1. The molecule has 0 spiro atoms. The summed E-state index contributed by atoms with van der Waals surface area (Å²) in [4.78, 5) is 38.1. The van der Waals surface area contributed by atoms with Gasteiger partial charge >= 0.3 is 5.97 Å². The van der Waals surface area contributed by atoms with Gasteiger partial charge in [-0.1, -0.05) is 0 Å². The Bertz CT molecular complexity index is 523. The molecule has 1 atom stereocenters. The summed E-state index contributed by atoms with van der Waals surface area (Å²) in [5.41, 5.74) is -0.0440. The molecule has 0 saturated carbocycles. The van der Waals surface area contributed by atoms with E-state index in [2.05, 4.69) is 4.98 Å². The number of rotatable bonds is 2. The maximum absolute atomic E-state index is 12.1. The van der Waals surface area contributed by atoms with Crippen molar-refractivity contribution < 1.29 is 14.7 Å². The van der Waals surface area contributed by atoms with Crippen molar-refractivity contribution in [3.8, 4) is 0 Å². The number of carboxylic acids is 1. The summed E-state index contributed by atoms with van der Waals surface area (Å²) >= 11 is 0. The average molecular weight is 250 g/mol. The number of nitrogens with zero attached hydrogens (tertiary/aromatic N) is 1. The predicted molar refractivity (Wildman–Crippen MR) is 63.3 cm³/mol. The zero-order valence-corrected chi connectivity index (χ0v) is 9.76. The van der Waals surface area contributed by atoms with Gasteiger partial charge in [-0.2, -0.15) is 0 Å². The third-order valence-electron chi connectivity index (χ3n) is 3.08. The van der Waals surface area contributed by atoms with Crippen LogP contribution in [0.3, 0.4) is 0 Å². The van der Waals surface area contributed by atoms with Crippen LogP contribution in [0, 0.1) is 5.92 Å². The quantitative estimate of drug-likeness (QED) is 0.790. The minimum atomic E-state index is -0.876. The van der Waals surface area contributed by atoms with Gasteiger partial charge in [0.05, 0.1) is 5.92 Å². The van der Waals surface area contributed by atoms with Crippen LogP contribution in [0.15, 0.2) is 23.1 Å². The molecule has 1 aromatic rings. The van der Waals surface area contributed by atoms with E-state index in [4.69, 9.17) is 5.11 Å². The Labute approximate surface area is 103 Å². The van der Waals surface area contributed by atoms with Crippen LogP contribution in [0.2, 0.25) is 0 Å². The number of pyridine rings is 1. The molecular formula is C12H14N2O4. The number of carbonyl (C=O) groups is 2. The molecule has 0 bridgehead atoms. The van der Waals surface area contributed by atoms with Gasteiger partial charge in [0.1, 0.15) is 0 Å². The van der Waals surface area contributed by atoms with Crippen molar-refractivity contribution in [2.75, 3.05) is 13.1 Å². The topological polar surface area (TPSA) is 90.5 Å². The Morgan fingerprint density at radius 1 is 1.44 bits per heavy atom. The van der Waals surface area contributed by atoms with Gasteiger partial charge in [0.15, 0.2) is 0 Å². The highest BCUT2D eigenvalue weighted by atomic mass is 16.4. The van der Waals surface area contributed by atoms with Crippen LogP contribution in [-0.4, -0.2) is 40.0 Å². The SMILES string of the molecule is O=C(O)[C@@H]1CCCN(C(=O)c2cc[nH]c(=O)c2)C1. The lowest BCUT2D eigenvalue weighted by atomic mass is 9.98. The fraction of sp³-hybridized carbons (Fsp3) is 0.417. The van der Waals surface area contributed by atoms with Crippen LogP contribution in [-0.2, 0) is 4.79 Å². The first-order chi connectivity index (χ1) is 8.58. The zero-order valence-electron chi connectivity index (χ0n) is 9.76. The van der Waals surface area contributed by atoms with Crippen molar-refractivity contribution >= 4 is 11.9 Å². The first kappa shape index (κ1) is 12.3. The Hall–Kier alpha value is -2.11. The molecule has 1 aromatic heterocycles. The van der Waals surface area contributed by atoms with Gasteiger partial charge in [-0.05, 0) is 18.9 Å². The number of aromatic nitrogens is 1. The van der Waals surface area contributed by atoms with Gasteiger partial charge in [-0.25, -0.2) is 0 Å². The second-order valence-electron chi connectivity index (χ2n) is 4.37. The van der Waals surface area contributed by atoms with Crippen molar-refractivity contribution in [1.29, 1.82) is 0 Å². The monoisotopic (exact) mass is 250 g/mol. The number of H-pyrrole nitrogens is 1. The summed E-state index contributed by atoms with van der Waals surface area (Å²) in [5.74, 6) is -1.67. The normalized spacial score (nSPS) is 19.6. The molecule has 1 amide bonds. The van der Waals surface area contributed by atoms with Crippen LogP contribution in [0.1, 0.15) is 23.2 Å². The van der Waals surface area contributed by atoms with Gasteiger partial charge in [0.2, 0.25) is 5.56 Å². The van der Waals surface area contributed by atoms with E-state index in [0.717, 1.165) is 0 Å². The number of hydrogen-bond acceptors (Lipinski definition) is 3. The average Bonchev–Trinajstić information content (AvgIpc) is 2.38. The molecule has 1 aliphatic heterocycles. The first-order valence-corrected chi connectivity index (χ1v) is 5.79. The standard InChI is InChI=1S/C12H14N2O4/c15-10-6-8(3-4-13-10)11(16)14-5-1-2-9(7-14)12(17)18/h3-4,6,9H,1-2,5,7H2,(H,13,15)(H,17,18)/t9-/m1/s1. The second kappa shape index (κ2) is 5.03. The number of nitrogens with one attached hydrogen (secondary N) is 1. The Morgan fingerprint density at radius 3 is 2.89 bits per heavy atom. The van der Waals surface area contributed by atoms with E-state index in [1.807, 2.05) is 0 Å². The molecule has 6 nitrogen and oxygen atoms in total. The third kappa shape index (κ3) is 2.58. The van der Waals surface area contributed by atoms with E-state index in [1.54, 1.807) is 0 Å². The molecule has 0 unspecified atom stereocenters. The first-order valence-electron chi connectivity index (χ1n) is 5.79. The number of carbonyl (C=O) groups excluding carboxylic acids is 1. The van der Waals surface area contributed by atoms with Gasteiger partial charge in [0, 0.05) is 30.9 Å². The molecule has 1 fully saturated rings. The van der Waals surface area contributed by atoms with Crippen molar-refractivity contribution in [3.05, 3.63) is 34.2 Å². The van der Waals surface area contributed by atoms with Crippen LogP contribution < -0.4 is 5.56 Å². The number of aliphatic carboxylic acids is 1. The second-order valence-corrected chi connectivity index (χ2v) is 4.37. The number of piperidine rings is 1. The Morgan fingerprint density at radius 2 is 2.22 bits per heavy atom. The lowest BCUT2D eigenvalue weighted by Gasteiger charge is -2.30. The summed E-state index contributed by atoms with van der Waals surface area (Å²) in [7, 11) is 0. The number of carboxylic acid groups (broad SMARTS) is 1. The molecule has 96 valence electrons. The van der Waals surface area contributed by atoms with Crippen molar-refractivity contribution in [2.45, 2.75) is 12.8 Å². The molecule has 2 heterocycles. The lowest BCUT2D eigenvalue weighted by molar-refractivity contribution is -0.143. The van der Waals surface area contributed by atoms with Crippen LogP contribution in [0.4, 0.5) is 0 Å². The Balaban J connectivity index is 2.14. The van der Waals surface area contributed by atoms with E-state index in [0.29, 0.717) is 24.9 Å². The number of likely N-dealkylation sites (tertiary alicyclic amines) is 1.